The molecular formula is C19H22N4O2. The van der Waals surface area contributed by atoms with Gasteiger partial charge in [-0.05, 0) is 39.4 Å². The van der Waals surface area contributed by atoms with Crippen LogP contribution in [-0.4, -0.2) is 34.7 Å². The molecule has 0 saturated heterocycles. The van der Waals surface area contributed by atoms with Gasteiger partial charge < -0.3 is 14.6 Å². The Morgan fingerprint density at radius 1 is 1.32 bits per heavy atom. The van der Waals surface area contributed by atoms with Gasteiger partial charge in [-0.25, -0.2) is 0 Å². The summed E-state index contributed by atoms with van der Waals surface area (Å²) in [6.45, 7) is 1.56. The van der Waals surface area contributed by atoms with E-state index in [9.17, 15) is 4.79 Å². The third-order valence-electron chi connectivity index (χ3n) is 4.54. The summed E-state index contributed by atoms with van der Waals surface area (Å²) in [5, 5.41) is 8.38. The Kier molecular flexibility index (Phi) is 4.05. The number of hydrogen-bond donors (Lipinski definition) is 1. The fourth-order valence-electron chi connectivity index (χ4n) is 3.41. The van der Waals surface area contributed by atoms with Crippen molar-refractivity contribution in [3.8, 4) is 0 Å². The predicted molar refractivity (Wildman–Crippen MR) is 96.7 cm³/mol. The number of fused-ring (bicyclic) bond motifs is 2. The summed E-state index contributed by atoms with van der Waals surface area (Å²) >= 11 is 0. The van der Waals surface area contributed by atoms with E-state index >= 15 is 0 Å². The molecule has 130 valence electrons. The quantitative estimate of drug-likeness (QED) is 0.793. The molecule has 3 aromatic rings. The van der Waals surface area contributed by atoms with Gasteiger partial charge in [0.05, 0.1) is 0 Å². The van der Waals surface area contributed by atoms with Crippen molar-refractivity contribution in [2.75, 3.05) is 19.4 Å². The van der Waals surface area contributed by atoms with Gasteiger partial charge in [0.1, 0.15) is 5.58 Å². The smallest absolute Gasteiger partial charge is 0.292 e. The van der Waals surface area contributed by atoms with Crippen LogP contribution in [0.4, 0.5) is 5.82 Å². The second-order valence-corrected chi connectivity index (χ2v) is 6.80. The zero-order valence-corrected chi connectivity index (χ0v) is 14.6. The van der Waals surface area contributed by atoms with Crippen LogP contribution in [-0.2, 0) is 19.5 Å². The van der Waals surface area contributed by atoms with E-state index in [1.807, 2.05) is 54.0 Å². The first-order valence-corrected chi connectivity index (χ1v) is 8.65. The van der Waals surface area contributed by atoms with Crippen LogP contribution in [0.25, 0.3) is 11.0 Å². The molecule has 0 spiro atoms. The molecular weight excluding hydrogens is 316 g/mol. The fraction of sp³-hybridized carbons (Fsp3) is 0.368. The van der Waals surface area contributed by atoms with Gasteiger partial charge >= 0.3 is 0 Å². The number of aryl methyl sites for hydroxylation is 2. The molecule has 2 aromatic heterocycles. The standard InChI is InChI=1S/C19H22N4O2/c1-22(2)12-15-14-8-3-4-9-16(14)25-18(15)19(24)20-17-11-13-7-5-6-10-23(13)21-17/h3-4,8-9,11H,5-7,10,12H2,1-2H3,(H,20,21,24). The molecule has 1 amide bonds. The molecule has 1 aromatic carbocycles. The molecule has 6 heteroatoms. The van der Waals surface area contributed by atoms with Gasteiger partial charge in [-0.15, -0.1) is 0 Å². The van der Waals surface area contributed by atoms with Crippen molar-refractivity contribution in [1.29, 1.82) is 0 Å². The number of carbonyl (C=O) groups is 1. The van der Waals surface area contributed by atoms with Crippen molar-refractivity contribution in [2.45, 2.75) is 32.4 Å². The van der Waals surface area contributed by atoms with Gasteiger partial charge in [-0.1, -0.05) is 18.2 Å². The van der Waals surface area contributed by atoms with E-state index in [4.69, 9.17) is 4.42 Å². The number of hydrogen-bond acceptors (Lipinski definition) is 4. The zero-order valence-electron chi connectivity index (χ0n) is 14.6. The molecule has 4 rings (SSSR count). The largest absolute Gasteiger partial charge is 0.451 e. The molecule has 1 aliphatic rings. The number of benzene rings is 1. The Bertz CT molecular complexity index is 899. The highest BCUT2D eigenvalue weighted by atomic mass is 16.3. The zero-order chi connectivity index (χ0) is 17.4. The lowest BCUT2D eigenvalue weighted by molar-refractivity contribution is 0.0996. The normalized spacial score (nSPS) is 14.0. The minimum atomic E-state index is -0.247. The Morgan fingerprint density at radius 3 is 2.96 bits per heavy atom. The van der Waals surface area contributed by atoms with Crippen LogP contribution in [0.5, 0.6) is 0 Å². The van der Waals surface area contributed by atoms with E-state index in [0.717, 1.165) is 35.9 Å². The van der Waals surface area contributed by atoms with Gasteiger partial charge in [0.2, 0.25) is 0 Å². The van der Waals surface area contributed by atoms with Crippen LogP contribution >= 0.6 is 0 Å². The van der Waals surface area contributed by atoms with Crippen LogP contribution in [0.3, 0.4) is 0 Å². The molecule has 0 fully saturated rings. The van der Waals surface area contributed by atoms with E-state index in [1.54, 1.807) is 0 Å². The van der Waals surface area contributed by atoms with Crippen LogP contribution in [0.2, 0.25) is 0 Å². The maximum atomic E-state index is 12.8. The number of nitrogens with zero attached hydrogens (tertiary/aromatic N) is 3. The van der Waals surface area contributed by atoms with Gasteiger partial charge in [0, 0.05) is 35.8 Å². The highest BCUT2D eigenvalue weighted by Crippen LogP contribution is 2.28. The summed E-state index contributed by atoms with van der Waals surface area (Å²) < 4.78 is 7.85. The highest BCUT2D eigenvalue weighted by Gasteiger charge is 2.22. The average Bonchev–Trinajstić information content (AvgIpc) is 3.15. The van der Waals surface area contributed by atoms with Crippen molar-refractivity contribution >= 4 is 22.7 Å². The van der Waals surface area contributed by atoms with Crippen molar-refractivity contribution < 1.29 is 9.21 Å². The molecule has 1 aliphatic heterocycles. The summed E-state index contributed by atoms with van der Waals surface area (Å²) in [5.74, 6) is 0.711. The Balaban J connectivity index is 1.66. The molecule has 0 saturated carbocycles. The van der Waals surface area contributed by atoms with Crippen molar-refractivity contribution in [2.24, 2.45) is 0 Å². The van der Waals surface area contributed by atoms with Gasteiger partial charge in [0.15, 0.2) is 11.6 Å². The van der Waals surface area contributed by atoms with Gasteiger partial charge in [-0.2, -0.15) is 5.10 Å². The Hall–Kier alpha value is -2.60. The molecule has 0 unspecified atom stereocenters. The predicted octanol–water partition coefficient (Wildman–Crippen LogP) is 3.28. The summed E-state index contributed by atoms with van der Waals surface area (Å²) in [5.41, 5.74) is 2.82. The number of anilines is 1. The number of furan rings is 1. The minimum Gasteiger partial charge on any atom is -0.451 e. The third kappa shape index (κ3) is 3.05. The first kappa shape index (κ1) is 15.9. The molecule has 0 aliphatic carbocycles. The lowest BCUT2D eigenvalue weighted by Gasteiger charge is -2.11. The maximum absolute atomic E-state index is 12.8. The summed E-state index contributed by atoms with van der Waals surface area (Å²) in [6, 6.07) is 9.72. The van der Waals surface area contributed by atoms with Gasteiger partial charge in [-0.3, -0.25) is 9.48 Å². The SMILES string of the molecule is CN(C)Cc1c(C(=O)Nc2cc3n(n2)CCCC3)oc2ccccc12. The van der Waals surface area contributed by atoms with Crippen molar-refractivity contribution in [3.05, 3.63) is 47.3 Å². The third-order valence-corrected chi connectivity index (χ3v) is 4.54. The van der Waals surface area contributed by atoms with E-state index in [1.165, 1.54) is 12.1 Å². The summed E-state index contributed by atoms with van der Waals surface area (Å²) in [4.78, 5) is 14.9. The number of amides is 1. The van der Waals surface area contributed by atoms with Gasteiger partial charge in [0.25, 0.3) is 5.91 Å². The molecule has 0 radical (unpaired) electrons. The first-order valence-electron chi connectivity index (χ1n) is 8.65. The summed E-state index contributed by atoms with van der Waals surface area (Å²) in [6.07, 6.45) is 3.33. The van der Waals surface area contributed by atoms with E-state index in [2.05, 4.69) is 10.4 Å². The van der Waals surface area contributed by atoms with Crippen LogP contribution < -0.4 is 5.32 Å². The monoisotopic (exact) mass is 338 g/mol. The first-order chi connectivity index (χ1) is 12.1. The van der Waals surface area contributed by atoms with E-state index < -0.39 is 0 Å². The number of rotatable bonds is 4. The molecule has 1 N–H and O–H groups in total. The minimum absolute atomic E-state index is 0.247. The highest BCUT2D eigenvalue weighted by molar-refractivity contribution is 6.06. The summed E-state index contributed by atoms with van der Waals surface area (Å²) in [7, 11) is 3.96. The topological polar surface area (TPSA) is 63.3 Å². The average molecular weight is 338 g/mol. The number of aromatic nitrogens is 2. The van der Waals surface area contributed by atoms with Crippen LogP contribution in [0.15, 0.2) is 34.7 Å². The molecule has 25 heavy (non-hydrogen) atoms. The lowest BCUT2D eigenvalue weighted by atomic mass is 10.1. The maximum Gasteiger partial charge on any atom is 0.292 e. The van der Waals surface area contributed by atoms with Crippen molar-refractivity contribution in [3.63, 3.8) is 0 Å². The van der Waals surface area contributed by atoms with Crippen LogP contribution in [0, 0.1) is 0 Å². The fourth-order valence-corrected chi connectivity index (χ4v) is 3.41. The lowest BCUT2D eigenvalue weighted by Crippen LogP contribution is -2.17. The Morgan fingerprint density at radius 2 is 2.16 bits per heavy atom. The molecule has 6 nitrogen and oxygen atoms in total. The Labute approximate surface area is 146 Å². The molecule has 0 atom stereocenters. The number of carbonyl (C=O) groups excluding carboxylic acids is 1. The number of para-hydroxylation sites is 1. The number of nitrogens with one attached hydrogen (secondary N) is 1. The van der Waals surface area contributed by atoms with Crippen molar-refractivity contribution in [1.82, 2.24) is 14.7 Å². The second kappa shape index (κ2) is 6.37. The molecule has 3 heterocycles. The van der Waals surface area contributed by atoms with Crippen LogP contribution in [0.1, 0.15) is 34.7 Å². The second-order valence-electron chi connectivity index (χ2n) is 6.80. The molecule has 0 bridgehead atoms. The van der Waals surface area contributed by atoms with E-state index in [-0.39, 0.29) is 5.91 Å². The van der Waals surface area contributed by atoms with E-state index in [0.29, 0.717) is 18.1 Å².